The van der Waals surface area contributed by atoms with Crippen molar-refractivity contribution in [3.8, 4) is 0 Å². The SMILES string of the molecule is [2H]P(C)C=O. The number of hydrogen-bond acceptors (Lipinski definition) is 1. The van der Waals surface area contributed by atoms with Crippen LogP contribution in [0, 0.1) is 0 Å². The molecule has 0 aliphatic rings. The van der Waals surface area contributed by atoms with Crippen molar-refractivity contribution in [1.29, 1.82) is 1.28 Å². The Balaban J connectivity index is 2.83. The zero-order chi connectivity index (χ0) is 4.28. The molecule has 0 saturated carbocycles. The van der Waals surface area contributed by atoms with Gasteiger partial charge in [0.25, 0.3) is 0 Å². The molecule has 2 heteroatoms. The molecular weight excluding hydrogens is 71.0 g/mol. The first-order chi connectivity index (χ1) is 2.27. The van der Waals surface area contributed by atoms with Gasteiger partial charge in [0.2, 0.25) is 0 Å². The third-order valence-electron chi connectivity index (χ3n) is 0.105. The monoisotopic (exact) mass is 77.0 g/mol. The summed E-state index contributed by atoms with van der Waals surface area (Å²) in [6.07, 6.45) is 0. The molecular formula is C2H5OP. The first-order valence-corrected chi connectivity index (χ1v) is 2.35. The molecule has 0 bridgehead atoms. The number of rotatable bonds is 1. The van der Waals surface area contributed by atoms with Gasteiger partial charge >= 0.3 is 0 Å². The van der Waals surface area contributed by atoms with Gasteiger partial charge in [0.1, 0.15) is 6.03 Å². The van der Waals surface area contributed by atoms with Crippen LogP contribution in [0.2, 0.25) is 0 Å². The van der Waals surface area contributed by atoms with Crippen molar-refractivity contribution in [1.82, 2.24) is 0 Å². The van der Waals surface area contributed by atoms with E-state index in [0.717, 1.165) is 0 Å². The smallest absolute Gasteiger partial charge is 0.138 e. The van der Waals surface area contributed by atoms with Gasteiger partial charge in [-0.2, -0.15) is 0 Å². The van der Waals surface area contributed by atoms with Crippen molar-refractivity contribution in [3.63, 3.8) is 0 Å². The van der Waals surface area contributed by atoms with E-state index >= 15 is 0 Å². The van der Waals surface area contributed by atoms with Crippen LogP contribution in [-0.2, 0) is 4.79 Å². The van der Waals surface area contributed by atoms with Crippen LogP contribution in [0.3, 0.4) is 0 Å². The molecule has 1 unspecified atom stereocenters. The van der Waals surface area contributed by atoms with Gasteiger partial charge in [-0.1, -0.05) is 8.53 Å². The fourth-order valence-corrected chi connectivity index (χ4v) is 0. The number of hydrogen-bond donors (Lipinski definition) is 0. The van der Waals surface area contributed by atoms with Crippen LogP contribution in [0.15, 0.2) is 0 Å². The van der Waals surface area contributed by atoms with Crippen molar-refractivity contribution in [2.75, 3.05) is 6.66 Å². The maximum atomic E-state index is 9.35. The molecule has 0 amide bonds. The lowest BCUT2D eigenvalue weighted by Crippen LogP contribution is -1.39. The Morgan fingerprint density at radius 3 is 2.75 bits per heavy atom. The van der Waals surface area contributed by atoms with Crippen molar-refractivity contribution < 1.29 is 4.79 Å². The standard InChI is InChI=1S/C2H5OP/c1-4-2-3/h2,4H,1H3/i4D. The summed E-state index contributed by atoms with van der Waals surface area (Å²) in [5.41, 5.74) is 0. The van der Waals surface area contributed by atoms with E-state index in [0.29, 0.717) is 6.03 Å². The maximum absolute atomic E-state index is 9.35. The van der Waals surface area contributed by atoms with Gasteiger partial charge in [-0.3, -0.25) is 4.79 Å². The zero-order valence-corrected chi connectivity index (χ0v) is 3.33. The second-order valence-electron chi connectivity index (χ2n) is 0.364. The molecule has 0 aliphatic heterocycles. The van der Waals surface area contributed by atoms with E-state index in [1.54, 1.807) is 6.66 Å². The van der Waals surface area contributed by atoms with Crippen LogP contribution in [0.4, 0.5) is 0 Å². The minimum Gasteiger partial charge on any atom is -0.299 e. The van der Waals surface area contributed by atoms with E-state index in [1.165, 1.54) is 0 Å². The summed E-state index contributed by atoms with van der Waals surface area (Å²) in [6, 6.07) is 0.648. The van der Waals surface area contributed by atoms with Crippen molar-refractivity contribution in [3.05, 3.63) is 0 Å². The topological polar surface area (TPSA) is 17.1 Å². The molecule has 0 spiro atoms. The molecule has 0 heterocycles. The highest BCUT2D eigenvalue weighted by molar-refractivity contribution is 7.54. The van der Waals surface area contributed by atoms with Crippen LogP contribution in [-0.4, -0.2) is 14.0 Å². The lowest BCUT2D eigenvalue weighted by molar-refractivity contribution is 0.569. The second-order valence-corrected chi connectivity index (χ2v) is 1.09. The average molecular weight is 77.0 g/mol. The predicted molar refractivity (Wildman–Crippen MR) is 21.0 cm³/mol. The largest absolute Gasteiger partial charge is 0.299 e. The van der Waals surface area contributed by atoms with E-state index in [9.17, 15) is 4.79 Å². The van der Waals surface area contributed by atoms with Crippen molar-refractivity contribution >= 4 is 14.6 Å². The van der Waals surface area contributed by atoms with E-state index in [1.807, 2.05) is 0 Å². The second kappa shape index (κ2) is 3.10. The van der Waals surface area contributed by atoms with Crippen molar-refractivity contribution in [2.45, 2.75) is 0 Å². The van der Waals surface area contributed by atoms with Gasteiger partial charge in [0.15, 0.2) is 0 Å². The molecule has 0 fully saturated rings. The molecule has 0 N–H and O–H groups in total. The highest BCUT2D eigenvalue weighted by Gasteiger charge is 1.51. The van der Waals surface area contributed by atoms with Crippen LogP contribution in [0.1, 0.15) is 0 Å². The third-order valence-corrected chi connectivity index (χ3v) is 0.316. The van der Waals surface area contributed by atoms with Gasteiger partial charge in [-0.05, 0) is 6.66 Å². The Hall–Kier alpha value is 0.100. The molecule has 0 saturated heterocycles. The molecule has 0 rings (SSSR count). The Morgan fingerprint density at radius 1 is 2.50 bits per heavy atom. The molecule has 0 radical (unpaired) electrons. The van der Waals surface area contributed by atoms with E-state index in [4.69, 9.17) is 1.28 Å². The first-order valence-electron chi connectivity index (χ1n) is 1.39. The number of carbonyl (C=O) groups is 1. The van der Waals surface area contributed by atoms with Gasteiger partial charge in [0, 0.05) is 0 Å². The fraction of sp³-hybridized carbons (Fsp3) is 0.500. The highest BCUT2D eigenvalue weighted by Crippen LogP contribution is 1.87. The first kappa shape index (κ1) is 2.34. The minimum atomic E-state index is -1.03. The Morgan fingerprint density at radius 2 is 2.75 bits per heavy atom. The maximum Gasteiger partial charge on any atom is 0.138 e. The Labute approximate surface area is 28.5 Å². The lowest BCUT2D eigenvalue weighted by atomic mass is 11.8. The van der Waals surface area contributed by atoms with Gasteiger partial charge in [-0.25, -0.2) is 0 Å². The summed E-state index contributed by atoms with van der Waals surface area (Å²) in [6.45, 7) is 1.59. The fourth-order valence-electron chi connectivity index (χ4n) is 0. The number of carbonyl (C=O) groups excluding carboxylic acids is 1. The van der Waals surface area contributed by atoms with Crippen LogP contribution in [0.25, 0.3) is 0 Å². The Bertz CT molecular complexity index is 36.6. The zero-order valence-electron chi connectivity index (χ0n) is 3.43. The summed E-state index contributed by atoms with van der Waals surface area (Å²) in [5, 5.41) is 0. The molecule has 0 aromatic carbocycles. The van der Waals surface area contributed by atoms with E-state index in [-0.39, 0.29) is 0 Å². The summed E-state index contributed by atoms with van der Waals surface area (Å²) in [7, 11) is -1.03. The Kier molecular flexibility index (Phi) is 1.82. The van der Waals surface area contributed by atoms with Crippen LogP contribution in [0.5, 0.6) is 0 Å². The van der Waals surface area contributed by atoms with Gasteiger partial charge in [0.05, 0.1) is 1.28 Å². The molecule has 0 aromatic rings. The van der Waals surface area contributed by atoms with E-state index < -0.39 is 8.53 Å². The molecule has 24 valence electrons. The minimum absolute atomic E-state index is 0.648. The normalized spacial score (nSPS) is 17.8. The van der Waals surface area contributed by atoms with Crippen LogP contribution < -0.4 is 0 Å². The van der Waals surface area contributed by atoms with E-state index in [2.05, 4.69) is 0 Å². The molecule has 4 heavy (non-hydrogen) atoms. The lowest BCUT2D eigenvalue weighted by Gasteiger charge is -1.53. The van der Waals surface area contributed by atoms with Crippen molar-refractivity contribution in [2.24, 2.45) is 0 Å². The molecule has 1 nitrogen and oxygen atoms in total. The highest BCUT2D eigenvalue weighted by atomic mass is 31.1. The summed E-state index contributed by atoms with van der Waals surface area (Å²) in [4.78, 5) is 9.35. The van der Waals surface area contributed by atoms with Gasteiger partial charge < -0.3 is 0 Å². The summed E-state index contributed by atoms with van der Waals surface area (Å²) in [5.74, 6) is 0. The summed E-state index contributed by atoms with van der Waals surface area (Å²) < 4.78 is 6.52. The summed E-state index contributed by atoms with van der Waals surface area (Å²) >= 11 is 0. The molecule has 0 aromatic heterocycles. The molecule has 1 atom stereocenters. The predicted octanol–water partition coefficient (Wildman–Crippen LogP) is 0.485. The van der Waals surface area contributed by atoms with Crippen LogP contribution >= 0.6 is 8.53 Å². The molecule has 0 aliphatic carbocycles. The quantitative estimate of drug-likeness (QED) is 0.328. The third kappa shape index (κ3) is 2.10. The average Bonchev–Trinajstić information content (AvgIpc) is 1.38. The van der Waals surface area contributed by atoms with Gasteiger partial charge in [-0.15, -0.1) is 0 Å².